The maximum Gasteiger partial charge on any atom is 0.398 e. The number of carbonyl (C=O) groups is 2. The molecule has 1 atom stereocenters. The van der Waals surface area contributed by atoms with Gasteiger partial charge in [-0.25, -0.2) is 4.79 Å². The molecule has 0 bridgehead atoms. The largest absolute Gasteiger partial charge is 0.398 e. The highest BCUT2D eigenvalue weighted by molar-refractivity contribution is 7.99. The van der Waals surface area contributed by atoms with Gasteiger partial charge in [0.05, 0.1) is 5.75 Å². The van der Waals surface area contributed by atoms with Gasteiger partial charge in [-0.2, -0.15) is 13.2 Å². The van der Waals surface area contributed by atoms with Crippen LogP contribution >= 0.6 is 11.8 Å². The lowest BCUT2D eigenvalue weighted by atomic mass is 10.0. The number of amides is 3. The van der Waals surface area contributed by atoms with E-state index in [0.717, 1.165) is 4.90 Å². The molecule has 0 aromatic heterocycles. The van der Waals surface area contributed by atoms with Gasteiger partial charge in [0.15, 0.2) is 0 Å². The normalized spacial score (nSPS) is 19.3. The van der Waals surface area contributed by atoms with Crippen LogP contribution in [0.1, 0.15) is 17.2 Å². The molecule has 1 aliphatic rings. The summed E-state index contributed by atoms with van der Waals surface area (Å²) in [5.41, 5.74) is 1.21. The van der Waals surface area contributed by atoms with Gasteiger partial charge in [0.2, 0.25) is 0 Å². The van der Waals surface area contributed by atoms with Crippen LogP contribution in [0.3, 0.4) is 0 Å². The minimum Gasteiger partial charge on any atom is -0.311 e. The average molecular weight is 332 g/mol. The number of likely N-dealkylation sites (N-methyl/N-ethyl adjacent to an activating group) is 2. The van der Waals surface area contributed by atoms with Crippen molar-refractivity contribution in [1.82, 2.24) is 9.80 Å². The second-order valence-electron chi connectivity index (χ2n) is 5.12. The third-order valence-electron chi connectivity index (χ3n) is 3.46. The molecule has 1 aromatic rings. The monoisotopic (exact) mass is 332 g/mol. The van der Waals surface area contributed by atoms with E-state index in [2.05, 4.69) is 0 Å². The summed E-state index contributed by atoms with van der Waals surface area (Å²) in [6.07, 6.45) is -4.26. The van der Waals surface area contributed by atoms with Crippen molar-refractivity contribution < 1.29 is 22.8 Å². The zero-order chi connectivity index (χ0) is 16.7. The number of nitrogens with zero attached hydrogens (tertiary/aromatic N) is 2. The van der Waals surface area contributed by atoms with E-state index in [1.54, 1.807) is 25.1 Å². The molecule has 2 rings (SSSR count). The molecule has 1 saturated heterocycles. The van der Waals surface area contributed by atoms with Crippen LogP contribution in [0.25, 0.3) is 0 Å². The highest BCUT2D eigenvalue weighted by Crippen LogP contribution is 2.34. The van der Waals surface area contributed by atoms with Crippen LogP contribution in [0.15, 0.2) is 23.1 Å². The lowest BCUT2D eigenvalue weighted by molar-refractivity contribution is -0.127. The number of thioether (sulfide) groups is 1. The first-order chi connectivity index (χ1) is 10.1. The third kappa shape index (κ3) is 3.21. The predicted molar refractivity (Wildman–Crippen MR) is 76.6 cm³/mol. The molecule has 1 fully saturated rings. The van der Waals surface area contributed by atoms with Crippen molar-refractivity contribution in [2.75, 3.05) is 19.8 Å². The fraction of sp³-hybridized carbons (Fsp3) is 0.429. The number of urea groups is 1. The van der Waals surface area contributed by atoms with Crippen LogP contribution in [0.2, 0.25) is 0 Å². The maximum absolute atomic E-state index is 12.4. The SMILES string of the molecule is Cc1ccc(C2C(=O)N(C)C(=O)N2C)cc1SCC(F)(F)F. The zero-order valence-electron chi connectivity index (χ0n) is 12.3. The van der Waals surface area contributed by atoms with Crippen LogP contribution in [-0.4, -0.2) is 47.8 Å². The lowest BCUT2D eigenvalue weighted by Gasteiger charge is -2.18. The van der Waals surface area contributed by atoms with Crippen molar-refractivity contribution in [3.05, 3.63) is 29.3 Å². The quantitative estimate of drug-likeness (QED) is 0.630. The highest BCUT2D eigenvalue weighted by atomic mass is 32.2. The highest BCUT2D eigenvalue weighted by Gasteiger charge is 2.41. The van der Waals surface area contributed by atoms with Crippen molar-refractivity contribution in [3.8, 4) is 0 Å². The first-order valence-electron chi connectivity index (χ1n) is 6.46. The Labute approximate surface area is 130 Å². The van der Waals surface area contributed by atoms with Crippen LogP contribution in [-0.2, 0) is 4.79 Å². The van der Waals surface area contributed by atoms with Crippen LogP contribution < -0.4 is 0 Å². The number of imide groups is 1. The second-order valence-corrected chi connectivity index (χ2v) is 6.14. The molecule has 8 heteroatoms. The minimum atomic E-state index is -4.26. The number of hydrogen-bond acceptors (Lipinski definition) is 3. The Morgan fingerprint density at radius 1 is 1.23 bits per heavy atom. The number of hydrogen-bond donors (Lipinski definition) is 0. The van der Waals surface area contributed by atoms with Crippen molar-refractivity contribution in [3.63, 3.8) is 0 Å². The Morgan fingerprint density at radius 3 is 2.36 bits per heavy atom. The Hall–Kier alpha value is -1.70. The average Bonchev–Trinajstić information content (AvgIpc) is 2.62. The number of rotatable bonds is 3. The van der Waals surface area contributed by atoms with E-state index >= 15 is 0 Å². The van der Waals surface area contributed by atoms with E-state index in [0.29, 0.717) is 27.8 Å². The first-order valence-corrected chi connectivity index (χ1v) is 7.45. The molecule has 0 radical (unpaired) electrons. The van der Waals surface area contributed by atoms with Gasteiger partial charge in [0.25, 0.3) is 5.91 Å². The van der Waals surface area contributed by atoms with Crippen LogP contribution in [0.5, 0.6) is 0 Å². The van der Waals surface area contributed by atoms with Crippen molar-refractivity contribution in [1.29, 1.82) is 0 Å². The van der Waals surface area contributed by atoms with E-state index in [-0.39, 0.29) is 5.91 Å². The van der Waals surface area contributed by atoms with Crippen LogP contribution in [0, 0.1) is 6.92 Å². The molecule has 1 aliphatic heterocycles. The van der Waals surface area contributed by atoms with Gasteiger partial charge in [-0.3, -0.25) is 9.69 Å². The fourth-order valence-electron chi connectivity index (χ4n) is 2.26. The van der Waals surface area contributed by atoms with Gasteiger partial charge in [-0.1, -0.05) is 12.1 Å². The molecular weight excluding hydrogens is 317 g/mol. The number of aryl methyl sites for hydroxylation is 1. The molecular formula is C14H15F3N2O2S. The lowest BCUT2D eigenvalue weighted by Crippen LogP contribution is -2.27. The van der Waals surface area contributed by atoms with E-state index in [4.69, 9.17) is 0 Å². The van der Waals surface area contributed by atoms with E-state index in [1.807, 2.05) is 0 Å². The summed E-state index contributed by atoms with van der Waals surface area (Å²) in [7, 11) is 2.88. The Kier molecular flexibility index (Phi) is 4.42. The van der Waals surface area contributed by atoms with Gasteiger partial charge in [0, 0.05) is 19.0 Å². The summed E-state index contributed by atoms with van der Waals surface area (Å²) in [5, 5.41) is 0. The zero-order valence-corrected chi connectivity index (χ0v) is 13.1. The molecule has 0 aliphatic carbocycles. The summed E-state index contributed by atoms with van der Waals surface area (Å²) in [6, 6.07) is 3.66. The van der Waals surface area contributed by atoms with Crippen molar-refractivity contribution >= 4 is 23.7 Å². The first kappa shape index (κ1) is 16.7. The molecule has 0 spiro atoms. The Morgan fingerprint density at radius 2 is 1.86 bits per heavy atom. The summed E-state index contributed by atoms with van der Waals surface area (Å²) < 4.78 is 37.1. The minimum absolute atomic E-state index is 0.386. The smallest absolute Gasteiger partial charge is 0.311 e. The van der Waals surface area contributed by atoms with Crippen LogP contribution in [0.4, 0.5) is 18.0 Å². The van der Waals surface area contributed by atoms with Crippen molar-refractivity contribution in [2.45, 2.75) is 24.0 Å². The molecule has 1 heterocycles. The summed E-state index contributed by atoms with van der Waals surface area (Å²) in [6.45, 7) is 1.71. The predicted octanol–water partition coefficient (Wildman–Crippen LogP) is 3.21. The number of carbonyl (C=O) groups excluding carboxylic acids is 2. The topological polar surface area (TPSA) is 40.6 Å². The Bertz CT molecular complexity index is 619. The van der Waals surface area contributed by atoms with E-state index < -0.39 is 24.0 Å². The molecule has 1 aromatic carbocycles. The Balaban J connectivity index is 2.30. The summed E-state index contributed by atoms with van der Waals surface area (Å²) >= 11 is 0.678. The van der Waals surface area contributed by atoms with E-state index in [9.17, 15) is 22.8 Å². The van der Waals surface area contributed by atoms with Gasteiger partial charge < -0.3 is 4.90 Å². The maximum atomic E-state index is 12.4. The summed E-state index contributed by atoms with van der Waals surface area (Å²) in [5.74, 6) is -1.38. The van der Waals surface area contributed by atoms with Gasteiger partial charge in [-0.15, -0.1) is 11.8 Å². The van der Waals surface area contributed by atoms with E-state index in [1.165, 1.54) is 19.0 Å². The summed E-state index contributed by atoms with van der Waals surface area (Å²) in [4.78, 5) is 26.6. The van der Waals surface area contributed by atoms with Gasteiger partial charge >= 0.3 is 12.2 Å². The fourth-order valence-corrected chi connectivity index (χ4v) is 3.09. The third-order valence-corrected chi connectivity index (χ3v) is 4.68. The second kappa shape index (κ2) is 5.83. The molecule has 0 N–H and O–H groups in total. The molecule has 0 saturated carbocycles. The molecule has 120 valence electrons. The molecule has 3 amide bonds. The number of halogens is 3. The number of benzene rings is 1. The molecule has 22 heavy (non-hydrogen) atoms. The van der Waals surface area contributed by atoms with Gasteiger partial charge in [0.1, 0.15) is 6.04 Å². The molecule has 4 nitrogen and oxygen atoms in total. The van der Waals surface area contributed by atoms with Gasteiger partial charge in [-0.05, 0) is 24.1 Å². The van der Waals surface area contributed by atoms with Crippen molar-refractivity contribution in [2.24, 2.45) is 0 Å². The number of alkyl halides is 3. The molecule has 1 unspecified atom stereocenters. The standard InChI is InChI=1S/C14H15F3N2O2S/c1-8-4-5-9(6-10(8)22-7-14(15,16)17)11-12(20)19(3)13(21)18(11)2/h4-6,11H,7H2,1-3H3.